The molecule has 28 heavy (non-hydrogen) atoms. The van der Waals surface area contributed by atoms with Gasteiger partial charge in [-0.25, -0.2) is 9.97 Å². The van der Waals surface area contributed by atoms with Crippen molar-refractivity contribution in [3.63, 3.8) is 0 Å². The van der Waals surface area contributed by atoms with Gasteiger partial charge in [-0.1, -0.05) is 30.3 Å². The molecule has 0 aliphatic heterocycles. The molecule has 7 heteroatoms. The van der Waals surface area contributed by atoms with E-state index in [0.29, 0.717) is 23.9 Å². The summed E-state index contributed by atoms with van der Waals surface area (Å²) in [6, 6.07) is 20.6. The Morgan fingerprint density at radius 3 is 2.39 bits per heavy atom. The molecule has 0 saturated heterocycles. The van der Waals surface area contributed by atoms with Crippen LogP contribution in [0.15, 0.2) is 85.3 Å². The molecule has 2 heterocycles. The highest BCUT2D eigenvalue weighted by Crippen LogP contribution is 2.15. The zero-order chi connectivity index (χ0) is 19.2. The minimum absolute atomic E-state index is 0.215. The Morgan fingerprint density at radius 2 is 1.64 bits per heavy atom. The lowest BCUT2D eigenvalue weighted by molar-refractivity contribution is 0.102. The van der Waals surface area contributed by atoms with Crippen LogP contribution in [0.1, 0.15) is 15.9 Å². The van der Waals surface area contributed by atoms with Crippen molar-refractivity contribution >= 4 is 23.4 Å². The molecule has 4 rings (SSSR count). The summed E-state index contributed by atoms with van der Waals surface area (Å²) in [6.45, 7) is 0.651. The molecule has 0 atom stereocenters. The van der Waals surface area contributed by atoms with Gasteiger partial charge < -0.3 is 10.6 Å². The second kappa shape index (κ2) is 8.13. The third-order valence-electron chi connectivity index (χ3n) is 4.04. The summed E-state index contributed by atoms with van der Waals surface area (Å²) in [6.07, 6.45) is 5.16. The van der Waals surface area contributed by atoms with E-state index in [1.807, 2.05) is 36.5 Å². The molecule has 0 aliphatic carbocycles. The summed E-state index contributed by atoms with van der Waals surface area (Å²) in [4.78, 5) is 20.7. The maximum atomic E-state index is 12.4. The van der Waals surface area contributed by atoms with E-state index in [-0.39, 0.29) is 5.91 Å². The van der Waals surface area contributed by atoms with Crippen LogP contribution in [0.5, 0.6) is 0 Å². The SMILES string of the molecule is O=C(Nc1ccn(Cc2ccccc2)n1)c1ccc(Nc2ncccn2)cc1. The molecule has 2 N–H and O–H groups in total. The summed E-state index contributed by atoms with van der Waals surface area (Å²) >= 11 is 0. The average Bonchev–Trinajstić information content (AvgIpc) is 3.17. The van der Waals surface area contributed by atoms with Gasteiger partial charge in [-0.15, -0.1) is 0 Å². The number of benzene rings is 2. The van der Waals surface area contributed by atoms with Gasteiger partial charge in [0.2, 0.25) is 5.95 Å². The maximum absolute atomic E-state index is 12.4. The van der Waals surface area contributed by atoms with Gasteiger partial charge >= 0.3 is 0 Å². The molecule has 0 unspecified atom stereocenters. The Kier molecular flexibility index (Phi) is 5.06. The fourth-order valence-corrected chi connectivity index (χ4v) is 2.67. The first kappa shape index (κ1) is 17.4. The van der Waals surface area contributed by atoms with E-state index in [1.54, 1.807) is 53.5 Å². The van der Waals surface area contributed by atoms with Crippen molar-refractivity contribution in [2.24, 2.45) is 0 Å². The minimum Gasteiger partial charge on any atom is -0.324 e. The highest BCUT2D eigenvalue weighted by atomic mass is 16.1. The largest absolute Gasteiger partial charge is 0.324 e. The van der Waals surface area contributed by atoms with Gasteiger partial charge in [0.05, 0.1) is 6.54 Å². The number of carbonyl (C=O) groups is 1. The van der Waals surface area contributed by atoms with Gasteiger partial charge in [0.25, 0.3) is 5.91 Å². The fraction of sp³-hybridized carbons (Fsp3) is 0.0476. The number of nitrogens with one attached hydrogen (secondary N) is 2. The molecule has 0 aliphatic rings. The Bertz CT molecular complexity index is 1050. The summed E-state index contributed by atoms with van der Waals surface area (Å²) < 4.78 is 1.79. The van der Waals surface area contributed by atoms with E-state index in [1.165, 1.54) is 0 Å². The van der Waals surface area contributed by atoms with E-state index in [9.17, 15) is 4.79 Å². The summed E-state index contributed by atoms with van der Waals surface area (Å²) in [5.74, 6) is 0.803. The van der Waals surface area contributed by atoms with Crippen LogP contribution in [-0.4, -0.2) is 25.7 Å². The van der Waals surface area contributed by atoms with Crippen molar-refractivity contribution in [3.8, 4) is 0 Å². The van der Waals surface area contributed by atoms with Crippen molar-refractivity contribution in [2.45, 2.75) is 6.54 Å². The molecule has 0 saturated carbocycles. The standard InChI is InChI=1S/C21H18N6O/c28-20(17-7-9-18(10-8-17)24-21-22-12-4-13-23-21)25-19-11-14-27(26-19)15-16-5-2-1-3-6-16/h1-14H,15H2,(H,22,23,24)(H,25,26,28). The maximum Gasteiger partial charge on any atom is 0.256 e. The third kappa shape index (κ3) is 4.39. The third-order valence-corrected chi connectivity index (χ3v) is 4.04. The first-order valence-corrected chi connectivity index (χ1v) is 8.79. The number of amides is 1. The molecule has 4 aromatic rings. The van der Waals surface area contributed by atoms with Gasteiger partial charge in [0.1, 0.15) is 0 Å². The number of anilines is 3. The number of hydrogen-bond acceptors (Lipinski definition) is 5. The van der Waals surface area contributed by atoms with Crippen LogP contribution in [-0.2, 0) is 6.54 Å². The lowest BCUT2D eigenvalue weighted by atomic mass is 10.2. The summed E-state index contributed by atoms with van der Waals surface area (Å²) in [5, 5.41) is 10.3. The summed E-state index contributed by atoms with van der Waals surface area (Å²) in [7, 11) is 0. The molecule has 0 radical (unpaired) electrons. The lowest BCUT2D eigenvalue weighted by Gasteiger charge is -2.06. The Hall–Kier alpha value is -4.00. The second-order valence-corrected chi connectivity index (χ2v) is 6.11. The highest BCUT2D eigenvalue weighted by Gasteiger charge is 2.08. The number of carbonyl (C=O) groups excluding carboxylic acids is 1. The zero-order valence-corrected chi connectivity index (χ0v) is 15.0. The number of hydrogen-bond donors (Lipinski definition) is 2. The molecule has 0 fully saturated rings. The zero-order valence-electron chi connectivity index (χ0n) is 15.0. The van der Waals surface area contributed by atoms with Gasteiger partial charge in [-0.3, -0.25) is 9.48 Å². The molecular weight excluding hydrogens is 352 g/mol. The van der Waals surface area contributed by atoms with Crippen LogP contribution >= 0.6 is 0 Å². The van der Waals surface area contributed by atoms with Gasteiger partial charge in [0, 0.05) is 35.9 Å². The van der Waals surface area contributed by atoms with E-state index >= 15 is 0 Å². The van der Waals surface area contributed by atoms with Crippen LogP contribution in [0.2, 0.25) is 0 Å². The van der Waals surface area contributed by atoms with Crippen LogP contribution in [0.3, 0.4) is 0 Å². The Morgan fingerprint density at radius 1 is 0.893 bits per heavy atom. The molecule has 2 aromatic heterocycles. The normalized spacial score (nSPS) is 10.4. The molecule has 7 nitrogen and oxygen atoms in total. The average molecular weight is 370 g/mol. The lowest BCUT2D eigenvalue weighted by Crippen LogP contribution is -2.13. The number of aromatic nitrogens is 4. The van der Waals surface area contributed by atoms with Gasteiger partial charge in [-0.05, 0) is 35.9 Å². The molecule has 138 valence electrons. The predicted molar refractivity (Wildman–Crippen MR) is 107 cm³/mol. The Balaban J connectivity index is 1.37. The molecular formula is C21H18N6O. The molecule has 0 spiro atoms. The van der Waals surface area contributed by atoms with Crippen LogP contribution in [0.4, 0.5) is 17.5 Å². The van der Waals surface area contributed by atoms with Crippen LogP contribution in [0, 0.1) is 0 Å². The number of rotatable bonds is 6. The van der Waals surface area contributed by atoms with Crippen molar-refractivity contribution in [3.05, 3.63) is 96.4 Å². The molecule has 0 bridgehead atoms. The predicted octanol–water partition coefficient (Wildman–Crippen LogP) is 3.72. The van der Waals surface area contributed by atoms with Gasteiger partial charge in [0.15, 0.2) is 5.82 Å². The highest BCUT2D eigenvalue weighted by molar-refractivity contribution is 6.03. The molecule has 1 amide bonds. The fourth-order valence-electron chi connectivity index (χ4n) is 2.67. The van der Waals surface area contributed by atoms with Crippen molar-refractivity contribution in [1.29, 1.82) is 0 Å². The van der Waals surface area contributed by atoms with E-state index in [4.69, 9.17) is 0 Å². The van der Waals surface area contributed by atoms with Crippen molar-refractivity contribution in [1.82, 2.24) is 19.7 Å². The smallest absolute Gasteiger partial charge is 0.256 e. The first-order chi connectivity index (χ1) is 13.8. The van der Waals surface area contributed by atoms with E-state index in [0.717, 1.165) is 11.3 Å². The van der Waals surface area contributed by atoms with Gasteiger partial charge in [-0.2, -0.15) is 5.10 Å². The van der Waals surface area contributed by atoms with E-state index < -0.39 is 0 Å². The van der Waals surface area contributed by atoms with Crippen molar-refractivity contribution in [2.75, 3.05) is 10.6 Å². The first-order valence-electron chi connectivity index (χ1n) is 8.79. The van der Waals surface area contributed by atoms with E-state index in [2.05, 4.69) is 25.7 Å². The summed E-state index contributed by atoms with van der Waals surface area (Å²) in [5.41, 5.74) is 2.49. The quantitative estimate of drug-likeness (QED) is 0.540. The van der Waals surface area contributed by atoms with Crippen LogP contribution in [0.25, 0.3) is 0 Å². The Labute approximate surface area is 162 Å². The minimum atomic E-state index is -0.215. The number of nitrogens with zero attached hydrogens (tertiary/aromatic N) is 4. The topological polar surface area (TPSA) is 84.7 Å². The molecule has 2 aromatic carbocycles. The van der Waals surface area contributed by atoms with Crippen LogP contribution < -0.4 is 10.6 Å². The second-order valence-electron chi connectivity index (χ2n) is 6.11. The monoisotopic (exact) mass is 370 g/mol. The van der Waals surface area contributed by atoms with Crippen molar-refractivity contribution < 1.29 is 4.79 Å².